The molecule has 0 aliphatic rings. The minimum Gasteiger partial charge on any atom is -0.229 e. The van der Waals surface area contributed by atoms with Crippen LogP contribution >= 0.6 is 0 Å². The molecule has 0 aliphatic heterocycles. The third-order valence-electron chi connectivity index (χ3n) is 2.00. The summed E-state index contributed by atoms with van der Waals surface area (Å²) in [6.45, 7) is 7.53. The van der Waals surface area contributed by atoms with E-state index in [2.05, 4.69) is 6.58 Å². The summed E-state index contributed by atoms with van der Waals surface area (Å²) in [7, 11) is -3.34. The molecular weight excluding hydrogens is 174 g/mol. The molecule has 4 heteroatoms. The average molecular weight is 191 g/mol. The van der Waals surface area contributed by atoms with Gasteiger partial charge in [0.05, 0.1) is 5.75 Å². The van der Waals surface area contributed by atoms with Gasteiger partial charge < -0.3 is 0 Å². The molecule has 2 N–H and O–H groups in total. The van der Waals surface area contributed by atoms with Gasteiger partial charge in [-0.15, -0.1) is 6.58 Å². The minimum absolute atomic E-state index is 0.0392. The topological polar surface area (TPSA) is 60.2 Å². The Morgan fingerprint density at radius 3 is 2.33 bits per heavy atom. The fraction of sp³-hybridized carbons (Fsp3) is 0.750. The van der Waals surface area contributed by atoms with E-state index >= 15 is 0 Å². The first-order valence-corrected chi connectivity index (χ1v) is 5.75. The van der Waals surface area contributed by atoms with Crippen LogP contribution in [-0.4, -0.2) is 14.2 Å². The Bertz CT molecular complexity index is 233. The van der Waals surface area contributed by atoms with Crippen LogP contribution in [-0.2, 0) is 10.0 Å². The zero-order chi connectivity index (χ0) is 9.78. The monoisotopic (exact) mass is 191 g/mol. The van der Waals surface area contributed by atoms with Crippen LogP contribution in [0, 0.1) is 11.8 Å². The predicted molar refractivity (Wildman–Crippen MR) is 51.1 cm³/mol. The summed E-state index contributed by atoms with van der Waals surface area (Å²) in [5.41, 5.74) is 0. The lowest BCUT2D eigenvalue weighted by molar-refractivity contribution is 0.450. The molecule has 0 amide bonds. The summed E-state index contributed by atoms with van der Waals surface area (Å²) < 4.78 is 21.4. The minimum atomic E-state index is -3.34. The van der Waals surface area contributed by atoms with Crippen LogP contribution in [0.3, 0.4) is 0 Å². The molecule has 0 aliphatic carbocycles. The van der Waals surface area contributed by atoms with Crippen LogP contribution < -0.4 is 5.14 Å². The SMILES string of the molecule is C=C[C@@H](CC)[C@@H](C)CS(N)(=O)=O. The van der Waals surface area contributed by atoms with Gasteiger partial charge in [0.2, 0.25) is 10.0 Å². The first-order chi connectivity index (χ1) is 5.40. The molecular formula is C8H17NO2S. The van der Waals surface area contributed by atoms with Gasteiger partial charge in [0.25, 0.3) is 0 Å². The first kappa shape index (κ1) is 11.6. The smallest absolute Gasteiger partial charge is 0.209 e. The van der Waals surface area contributed by atoms with Crippen molar-refractivity contribution in [3.05, 3.63) is 12.7 Å². The maximum absolute atomic E-state index is 10.7. The average Bonchev–Trinajstić information content (AvgIpc) is 1.85. The normalized spacial score (nSPS) is 16.9. The molecule has 2 atom stereocenters. The second-order valence-electron chi connectivity index (χ2n) is 3.11. The Morgan fingerprint density at radius 2 is 2.08 bits per heavy atom. The maximum Gasteiger partial charge on any atom is 0.209 e. The van der Waals surface area contributed by atoms with Gasteiger partial charge in [-0.25, -0.2) is 13.6 Å². The third kappa shape index (κ3) is 4.51. The van der Waals surface area contributed by atoms with Gasteiger partial charge in [-0.2, -0.15) is 0 Å². The fourth-order valence-corrected chi connectivity index (χ4v) is 2.27. The van der Waals surface area contributed by atoms with Crippen LogP contribution in [0.1, 0.15) is 20.3 Å². The number of sulfonamides is 1. The highest BCUT2D eigenvalue weighted by Crippen LogP contribution is 2.17. The van der Waals surface area contributed by atoms with E-state index in [9.17, 15) is 8.42 Å². The third-order valence-corrected chi connectivity index (χ3v) is 2.99. The second kappa shape index (κ2) is 4.62. The zero-order valence-electron chi connectivity index (χ0n) is 7.66. The van der Waals surface area contributed by atoms with Gasteiger partial charge >= 0.3 is 0 Å². The van der Waals surface area contributed by atoms with E-state index < -0.39 is 10.0 Å². The van der Waals surface area contributed by atoms with Gasteiger partial charge in [-0.3, -0.25) is 0 Å². The quantitative estimate of drug-likeness (QED) is 0.662. The highest BCUT2D eigenvalue weighted by Gasteiger charge is 2.17. The molecule has 0 fully saturated rings. The first-order valence-electron chi connectivity index (χ1n) is 4.03. The Morgan fingerprint density at radius 1 is 1.58 bits per heavy atom. The molecule has 72 valence electrons. The largest absolute Gasteiger partial charge is 0.229 e. The molecule has 0 aromatic carbocycles. The van der Waals surface area contributed by atoms with Gasteiger partial charge in [0.15, 0.2) is 0 Å². The molecule has 0 bridgehead atoms. The zero-order valence-corrected chi connectivity index (χ0v) is 8.47. The number of nitrogens with two attached hydrogens (primary N) is 1. The van der Waals surface area contributed by atoms with Crippen LogP contribution in [0.4, 0.5) is 0 Å². The molecule has 0 aromatic rings. The van der Waals surface area contributed by atoms with E-state index in [-0.39, 0.29) is 17.6 Å². The second-order valence-corrected chi connectivity index (χ2v) is 4.77. The number of hydrogen-bond donors (Lipinski definition) is 1. The van der Waals surface area contributed by atoms with Crippen molar-refractivity contribution in [2.24, 2.45) is 17.0 Å². The number of allylic oxidation sites excluding steroid dienone is 1. The van der Waals surface area contributed by atoms with Crippen molar-refractivity contribution in [3.63, 3.8) is 0 Å². The summed E-state index contributed by atoms with van der Waals surface area (Å²) >= 11 is 0. The highest BCUT2D eigenvalue weighted by molar-refractivity contribution is 7.89. The Hall–Kier alpha value is -0.350. The molecule has 3 nitrogen and oxygen atoms in total. The van der Waals surface area contributed by atoms with Gasteiger partial charge in [0.1, 0.15) is 0 Å². The molecule has 0 saturated heterocycles. The molecule has 0 aromatic heterocycles. The lowest BCUT2D eigenvalue weighted by Gasteiger charge is -2.17. The van der Waals surface area contributed by atoms with Gasteiger partial charge in [0, 0.05) is 0 Å². The Kier molecular flexibility index (Phi) is 4.49. The summed E-state index contributed by atoms with van der Waals surface area (Å²) in [5, 5.41) is 4.92. The number of rotatable bonds is 5. The van der Waals surface area contributed by atoms with Crippen molar-refractivity contribution in [2.75, 3.05) is 5.75 Å². The maximum atomic E-state index is 10.7. The van der Waals surface area contributed by atoms with Crippen molar-refractivity contribution in [2.45, 2.75) is 20.3 Å². The van der Waals surface area contributed by atoms with Crippen molar-refractivity contribution in [3.8, 4) is 0 Å². The standard InChI is InChI=1S/C8H17NO2S/c1-4-8(5-2)7(3)6-12(9,10)11/h4,7-8H,1,5-6H2,2-3H3,(H2,9,10,11)/t7-,8-/m0/s1. The van der Waals surface area contributed by atoms with Crippen LogP contribution in [0.25, 0.3) is 0 Å². The Labute approximate surface area is 74.7 Å². The molecule has 0 radical (unpaired) electrons. The molecule has 0 spiro atoms. The highest BCUT2D eigenvalue weighted by atomic mass is 32.2. The molecule has 0 rings (SSSR count). The van der Waals surface area contributed by atoms with Crippen molar-refractivity contribution < 1.29 is 8.42 Å². The summed E-state index contributed by atoms with van der Waals surface area (Å²) in [6, 6.07) is 0. The van der Waals surface area contributed by atoms with Crippen molar-refractivity contribution >= 4 is 10.0 Å². The van der Waals surface area contributed by atoms with Crippen molar-refractivity contribution in [1.82, 2.24) is 0 Å². The summed E-state index contributed by atoms with van der Waals surface area (Å²) in [4.78, 5) is 0. The van der Waals surface area contributed by atoms with E-state index in [1.807, 2.05) is 13.8 Å². The lowest BCUT2D eigenvalue weighted by atomic mass is 9.93. The van der Waals surface area contributed by atoms with Crippen LogP contribution in [0.15, 0.2) is 12.7 Å². The van der Waals surface area contributed by atoms with Gasteiger partial charge in [-0.1, -0.05) is 19.9 Å². The number of primary sulfonamides is 1. The van der Waals surface area contributed by atoms with E-state index in [1.54, 1.807) is 6.08 Å². The van der Waals surface area contributed by atoms with E-state index in [1.165, 1.54) is 0 Å². The van der Waals surface area contributed by atoms with Crippen LogP contribution in [0.5, 0.6) is 0 Å². The van der Waals surface area contributed by atoms with Gasteiger partial charge in [-0.05, 0) is 18.3 Å². The molecule has 12 heavy (non-hydrogen) atoms. The fourth-order valence-electron chi connectivity index (χ4n) is 1.29. The van der Waals surface area contributed by atoms with Crippen LogP contribution in [0.2, 0.25) is 0 Å². The van der Waals surface area contributed by atoms with E-state index in [0.29, 0.717) is 0 Å². The molecule has 0 unspecified atom stereocenters. The summed E-state index contributed by atoms with van der Waals surface area (Å²) in [6.07, 6.45) is 2.69. The van der Waals surface area contributed by atoms with E-state index in [0.717, 1.165) is 6.42 Å². The van der Waals surface area contributed by atoms with E-state index in [4.69, 9.17) is 5.14 Å². The molecule has 0 heterocycles. The Balaban J connectivity index is 4.19. The predicted octanol–water partition coefficient (Wildman–Crippen LogP) is 1.12. The molecule has 0 saturated carbocycles. The lowest BCUT2D eigenvalue weighted by Crippen LogP contribution is -2.25. The van der Waals surface area contributed by atoms with Crippen molar-refractivity contribution in [1.29, 1.82) is 0 Å². The summed E-state index contributed by atoms with van der Waals surface area (Å²) in [5.74, 6) is 0.336. The number of hydrogen-bond acceptors (Lipinski definition) is 2.